The fraction of sp³-hybridized carbons (Fsp3) is 0.238. The van der Waals surface area contributed by atoms with E-state index < -0.39 is 17.3 Å². The maximum absolute atomic E-state index is 12.5. The molecule has 5 N–H and O–H groups in total. The molecule has 3 aromatic rings. The lowest BCUT2D eigenvalue weighted by atomic mass is 9.95. The van der Waals surface area contributed by atoms with Crippen molar-refractivity contribution in [2.45, 2.75) is 30.8 Å². The highest BCUT2D eigenvalue weighted by molar-refractivity contribution is 7.99. The topological polar surface area (TPSA) is 138 Å². The number of nitrogens with one attached hydrogen (secondary N) is 2. The number of fused-ring (bicyclic) bond motifs is 1. The van der Waals surface area contributed by atoms with E-state index in [0.29, 0.717) is 16.1 Å². The van der Waals surface area contributed by atoms with Crippen LogP contribution in [0.4, 0.5) is 5.00 Å². The molecule has 0 saturated heterocycles. The summed E-state index contributed by atoms with van der Waals surface area (Å²) in [5.41, 5.74) is 7.02. The quantitative estimate of drug-likeness (QED) is 0.332. The molecule has 0 bridgehead atoms. The van der Waals surface area contributed by atoms with Gasteiger partial charge in [0.05, 0.1) is 11.3 Å². The predicted octanol–water partition coefficient (Wildman–Crippen LogP) is 2.91. The number of aryl methyl sites for hydroxylation is 1. The molecule has 0 saturated carbocycles. The second-order valence-corrected chi connectivity index (χ2v) is 9.12. The molecule has 2 heterocycles. The number of amides is 2. The van der Waals surface area contributed by atoms with Crippen molar-refractivity contribution in [1.29, 1.82) is 0 Å². The number of primary amides is 1. The standard InChI is InChI=1S/C21H20N4O4S2/c22-17(27)16-12-8-4-5-9-13(12)31-20(16)23-14(26)10-30-21-24-18(28)15(19(29)25-21)11-6-2-1-3-7-11/h1-3,6-7H,4-5,8-10H2,(H2,22,27)(H,23,26)(H2,24,25,28,29). The molecule has 0 radical (unpaired) electrons. The third-order valence-corrected chi connectivity index (χ3v) is 7.03. The van der Waals surface area contributed by atoms with E-state index in [1.165, 1.54) is 11.3 Å². The van der Waals surface area contributed by atoms with Gasteiger partial charge >= 0.3 is 0 Å². The van der Waals surface area contributed by atoms with Crippen molar-refractivity contribution in [1.82, 2.24) is 9.97 Å². The highest BCUT2D eigenvalue weighted by Gasteiger charge is 2.25. The minimum Gasteiger partial charge on any atom is -0.493 e. The van der Waals surface area contributed by atoms with Crippen LogP contribution in [0.3, 0.4) is 0 Å². The Morgan fingerprint density at radius 3 is 2.68 bits per heavy atom. The summed E-state index contributed by atoms with van der Waals surface area (Å²) >= 11 is 2.37. The van der Waals surface area contributed by atoms with Gasteiger partial charge in [-0.15, -0.1) is 11.3 Å². The van der Waals surface area contributed by atoms with Gasteiger partial charge in [0.25, 0.3) is 11.5 Å². The van der Waals surface area contributed by atoms with Crippen LogP contribution in [0.15, 0.2) is 40.3 Å². The highest BCUT2D eigenvalue weighted by Crippen LogP contribution is 2.38. The molecule has 0 atom stereocenters. The van der Waals surface area contributed by atoms with Gasteiger partial charge in [-0.1, -0.05) is 42.1 Å². The molecule has 4 rings (SSSR count). The molecule has 160 valence electrons. The van der Waals surface area contributed by atoms with Crippen molar-refractivity contribution in [3.05, 3.63) is 56.7 Å². The summed E-state index contributed by atoms with van der Waals surface area (Å²) in [7, 11) is 0. The number of carbonyl (C=O) groups excluding carboxylic acids is 2. The van der Waals surface area contributed by atoms with Gasteiger partial charge in [0.1, 0.15) is 10.6 Å². The van der Waals surface area contributed by atoms with E-state index in [2.05, 4.69) is 15.3 Å². The monoisotopic (exact) mass is 456 g/mol. The maximum Gasteiger partial charge on any atom is 0.263 e. The molecule has 1 aromatic carbocycles. The molecule has 0 aliphatic heterocycles. The number of nitrogens with zero attached hydrogens (tertiary/aromatic N) is 1. The van der Waals surface area contributed by atoms with Gasteiger partial charge in [-0.3, -0.25) is 14.4 Å². The number of thioether (sulfide) groups is 1. The molecule has 31 heavy (non-hydrogen) atoms. The molecule has 1 aliphatic rings. The predicted molar refractivity (Wildman–Crippen MR) is 121 cm³/mol. The van der Waals surface area contributed by atoms with Crippen LogP contribution in [0, 0.1) is 0 Å². The second-order valence-electron chi connectivity index (χ2n) is 7.05. The Morgan fingerprint density at radius 2 is 1.97 bits per heavy atom. The van der Waals surface area contributed by atoms with E-state index in [1.807, 2.05) is 0 Å². The lowest BCUT2D eigenvalue weighted by molar-refractivity contribution is -0.113. The van der Waals surface area contributed by atoms with Crippen LogP contribution in [-0.2, 0) is 17.6 Å². The highest BCUT2D eigenvalue weighted by atomic mass is 32.2. The average molecular weight is 457 g/mol. The van der Waals surface area contributed by atoms with Crippen molar-refractivity contribution in [2.24, 2.45) is 5.73 Å². The SMILES string of the molecule is NC(=O)c1c(NC(=O)CSc2nc(O)c(-c3ccccc3)c(=O)[nH]2)sc2c1CCCC2. The first kappa shape index (κ1) is 21.1. The Balaban J connectivity index is 1.47. The summed E-state index contributed by atoms with van der Waals surface area (Å²) in [5.74, 6) is -1.37. The number of carbonyl (C=O) groups is 2. The van der Waals surface area contributed by atoms with Crippen LogP contribution in [0.2, 0.25) is 0 Å². The molecular weight excluding hydrogens is 436 g/mol. The van der Waals surface area contributed by atoms with E-state index in [1.54, 1.807) is 30.3 Å². The van der Waals surface area contributed by atoms with Crippen LogP contribution in [0.25, 0.3) is 11.1 Å². The Hall–Kier alpha value is -3.11. The van der Waals surface area contributed by atoms with Crippen LogP contribution in [0.1, 0.15) is 33.6 Å². The van der Waals surface area contributed by atoms with Crippen LogP contribution < -0.4 is 16.6 Å². The van der Waals surface area contributed by atoms with Crippen molar-refractivity contribution in [2.75, 3.05) is 11.1 Å². The number of H-pyrrole nitrogens is 1. The number of anilines is 1. The first-order valence-electron chi connectivity index (χ1n) is 9.69. The molecule has 0 spiro atoms. The number of aromatic amines is 1. The minimum atomic E-state index is -0.547. The fourth-order valence-electron chi connectivity index (χ4n) is 3.59. The van der Waals surface area contributed by atoms with Crippen molar-refractivity contribution >= 4 is 39.9 Å². The van der Waals surface area contributed by atoms with Crippen molar-refractivity contribution in [3.8, 4) is 17.0 Å². The first-order valence-corrected chi connectivity index (χ1v) is 11.5. The summed E-state index contributed by atoms with van der Waals surface area (Å²) in [4.78, 5) is 44.5. The van der Waals surface area contributed by atoms with Gasteiger partial charge in [0, 0.05) is 4.88 Å². The zero-order chi connectivity index (χ0) is 22.0. The zero-order valence-corrected chi connectivity index (χ0v) is 18.1. The number of aromatic hydroxyl groups is 1. The van der Waals surface area contributed by atoms with E-state index >= 15 is 0 Å². The second kappa shape index (κ2) is 8.94. The van der Waals surface area contributed by atoms with Gasteiger partial charge < -0.3 is 21.1 Å². The van der Waals surface area contributed by atoms with Gasteiger partial charge in [0.15, 0.2) is 5.16 Å². The number of hydrogen-bond acceptors (Lipinski definition) is 7. The number of thiophene rings is 1. The zero-order valence-electron chi connectivity index (χ0n) is 16.4. The Morgan fingerprint density at radius 1 is 1.23 bits per heavy atom. The van der Waals surface area contributed by atoms with Crippen LogP contribution in [-0.4, -0.2) is 32.6 Å². The Labute approximate surface area is 185 Å². The summed E-state index contributed by atoms with van der Waals surface area (Å²) in [6.45, 7) is 0. The van der Waals surface area contributed by atoms with Crippen LogP contribution >= 0.6 is 23.1 Å². The molecule has 2 aromatic heterocycles. The summed E-state index contributed by atoms with van der Waals surface area (Å²) in [6.07, 6.45) is 3.71. The van der Waals surface area contributed by atoms with E-state index in [4.69, 9.17) is 5.73 Å². The number of benzene rings is 1. The van der Waals surface area contributed by atoms with Gasteiger partial charge in [0.2, 0.25) is 11.8 Å². The number of nitrogens with two attached hydrogens (primary N) is 1. The molecule has 1 aliphatic carbocycles. The maximum atomic E-state index is 12.5. The fourth-order valence-corrected chi connectivity index (χ4v) is 5.55. The van der Waals surface area contributed by atoms with E-state index in [9.17, 15) is 19.5 Å². The van der Waals surface area contributed by atoms with Gasteiger partial charge in [-0.2, -0.15) is 4.98 Å². The third-order valence-electron chi connectivity index (χ3n) is 4.95. The summed E-state index contributed by atoms with van der Waals surface area (Å²) < 4.78 is 0. The lowest BCUT2D eigenvalue weighted by Crippen LogP contribution is -2.20. The molecule has 0 fully saturated rings. The summed E-state index contributed by atoms with van der Waals surface area (Å²) in [5, 5.41) is 13.6. The molecule has 0 unspecified atom stereocenters. The molecule has 2 amide bonds. The number of aromatic nitrogens is 2. The third kappa shape index (κ3) is 4.49. The number of rotatable bonds is 6. The molecule has 8 nitrogen and oxygen atoms in total. The smallest absolute Gasteiger partial charge is 0.263 e. The Bertz CT molecular complexity index is 1200. The normalized spacial score (nSPS) is 12.9. The Kier molecular flexibility index (Phi) is 6.10. The van der Waals surface area contributed by atoms with Crippen molar-refractivity contribution in [3.63, 3.8) is 0 Å². The molecule has 10 heteroatoms. The van der Waals surface area contributed by atoms with Crippen LogP contribution in [0.5, 0.6) is 5.88 Å². The summed E-state index contributed by atoms with van der Waals surface area (Å²) in [6, 6.07) is 8.71. The van der Waals surface area contributed by atoms with Gasteiger partial charge in [-0.25, -0.2) is 0 Å². The van der Waals surface area contributed by atoms with E-state index in [0.717, 1.165) is 47.9 Å². The molecular formula is C21H20N4O4S2. The van der Waals surface area contributed by atoms with Gasteiger partial charge in [-0.05, 0) is 36.8 Å². The minimum absolute atomic E-state index is 0.0617. The number of hydrogen-bond donors (Lipinski definition) is 4. The largest absolute Gasteiger partial charge is 0.493 e. The average Bonchev–Trinajstić information content (AvgIpc) is 3.10. The van der Waals surface area contributed by atoms with Crippen molar-refractivity contribution < 1.29 is 14.7 Å². The lowest BCUT2D eigenvalue weighted by Gasteiger charge is -2.11. The first-order chi connectivity index (χ1) is 14.9. The van der Waals surface area contributed by atoms with E-state index in [-0.39, 0.29) is 22.4 Å².